The molecule has 0 atom stereocenters. The molecule has 5 rings (SSSR count). The second-order valence-corrected chi connectivity index (χ2v) is 8.33. The third-order valence-electron chi connectivity index (χ3n) is 5.72. The molecule has 2 aliphatic rings. The predicted octanol–water partition coefficient (Wildman–Crippen LogP) is 3.53. The van der Waals surface area contributed by atoms with Crippen molar-refractivity contribution in [3.8, 4) is 0 Å². The number of hydrogen-bond donors (Lipinski definition) is 0. The van der Waals surface area contributed by atoms with Gasteiger partial charge in [0.1, 0.15) is 0 Å². The first-order valence-corrected chi connectivity index (χ1v) is 9.33. The average molecular weight is 338 g/mol. The Balaban J connectivity index is 1.91. The van der Waals surface area contributed by atoms with Crippen LogP contribution < -0.4 is 26.2 Å². The van der Waals surface area contributed by atoms with E-state index in [1.165, 1.54) is 39.1 Å². The van der Waals surface area contributed by atoms with Crippen LogP contribution in [0.25, 0.3) is 0 Å². The van der Waals surface area contributed by atoms with Crippen LogP contribution in [0.3, 0.4) is 0 Å². The lowest BCUT2D eigenvalue weighted by atomic mass is 9.33. The van der Waals surface area contributed by atoms with Crippen molar-refractivity contribution >= 4 is 45.9 Å². The predicted molar refractivity (Wildman–Crippen MR) is 114 cm³/mol. The summed E-state index contributed by atoms with van der Waals surface area (Å²) in [5, 5.41) is 0. The molecule has 0 aliphatic carbocycles. The first-order chi connectivity index (χ1) is 12.5. The van der Waals surface area contributed by atoms with Crippen molar-refractivity contribution in [1.29, 1.82) is 0 Å². The van der Waals surface area contributed by atoms with Crippen molar-refractivity contribution in [1.82, 2.24) is 0 Å². The monoisotopic (exact) mass is 338 g/mol. The molecule has 3 aromatic rings. The number of para-hydroxylation sites is 2. The van der Waals surface area contributed by atoms with Crippen LogP contribution in [-0.4, -0.2) is 19.3 Å². The minimum Gasteiger partial charge on any atom is -0.345 e. The van der Waals surface area contributed by atoms with Crippen molar-refractivity contribution < 1.29 is 0 Å². The van der Waals surface area contributed by atoms with Gasteiger partial charge in [-0.3, -0.25) is 0 Å². The molecule has 3 heteroatoms. The number of anilines is 4. The molecule has 0 saturated carbocycles. The maximum atomic E-state index is 2.51. The highest BCUT2D eigenvalue weighted by atomic mass is 15.2. The first kappa shape index (κ1) is 15.6. The Labute approximate surface area is 156 Å². The van der Waals surface area contributed by atoms with Crippen molar-refractivity contribution in [2.45, 2.75) is 26.3 Å². The van der Waals surface area contributed by atoms with E-state index in [0.29, 0.717) is 6.71 Å². The third-order valence-corrected chi connectivity index (χ3v) is 5.72. The van der Waals surface area contributed by atoms with Gasteiger partial charge in [-0.15, -0.1) is 0 Å². The summed E-state index contributed by atoms with van der Waals surface area (Å²) in [6, 6.07) is 24.5. The Morgan fingerprint density at radius 1 is 0.654 bits per heavy atom. The molecular weight excluding hydrogens is 315 g/mol. The number of benzene rings is 3. The van der Waals surface area contributed by atoms with E-state index < -0.39 is 0 Å². The Hall–Kier alpha value is -2.68. The summed E-state index contributed by atoms with van der Waals surface area (Å²) in [7, 11) is 2.19. The molecule has 0 unspecified atom stereocenters. The minimum absolute atomic E-state index is 0.00569. The van der Waals surface area contributed by atoms with Gasteiger partial charge in [0.2, 0.25) is 0 Å². The zero-order valence-electron chi connectivity index (χ0n) is 15.8. The molecule has 2 heterocycles. The Morgan fingerprint density at radius 3 is 1.88 bits per heavy atom. The SMILES string of the molecule is CN1c2ccccc2B2c3ccccc3N(C(C)(C)C)c3cccc1c32. The number of nitrogens with zero attached hydrogens (tertiary/aromatic N) is 2. The van der Waals surface area contributed by atoms with Gasteiger partial charge in [0.15, 0.2) is 0 Å². The van der Waals surface area contributed by atoms with E-state index in [9.17, 15) is 0 Å². The molecule has 0 saturated heterocycles. The van der Waals surface area contributed by atoms with E-state index >= 15 is 0 Å². The van der Waals surface area contributed by atoms with Gasteiger partial charge in [-0.2, -0.15) is 0 Å². The minimum atomic E-state index is 0.00569. The zero-order valence-corrected chi connectivity index (χ0v) is 15.8. The highest BCUT2D eigenvalue weighted by molar-refractivity contribution is 7.00. The van der Waals surface area contributed by atoms with Crippen LogP contribution in [0.5, 0.6) is 0 Å². The lowest BCUT2D eigenvalue weighted by Gasteiger charge is -2.47. The van der Waals surface area contributed by atoms with Crippen molar-refractivity contribution in [2.24, 2.45) is 0 Å². The molecule has 0 N–H and O–H groups in total. The topological polar surface area (TPSA) is 6.48 Å². The van der Waals surface area contributed by atoms with Crippen LogP contribution in [0.15, 0.2) is 66.7 Å². The van der Waals surface area contributed by atoms with E-state index in [-0.39, 0.29) is 5.54 Å². The molecule has 26 heavy (non-hydrogen) atoms. The summed E-state index contributed by atoms with van der Waals surface area (Å²) < 4.78 is 0. The molecule has 0 amide bonds. The standard InChI is InChI=1S/C23H23BN2/c1-23(2,3)26-19-13-8-6-11-17(19)24-16-10-5-7-12-18(16)25(4)20-14-9-15-21(26)22(20)24/h5-15H,1-4H3. The quantitative estimate of drug-likeness (QED) is 0.579. The lowest BCUT2D eigenvalue weighted by molar-refractivity contribution is 0.561. The molecule has 2 aliphatic heterocycles. The van der Waals surface area contributed by atoms with E-state index in [4.69, 9.17) is 0 Å². The highest BCUT2D eigenvalue weighted by Crippen LogP contribution is 2.39. The van der Waals surface area contributed by atoms with Crippen molar-refractivity contribution in [3.05, 3.63) is 66.7 Å². The van der Waals surface area contributed by atoms with Crippen molar-refractivity contribution in [2.75, 3.05) is 16.8 Å². The molecule has 0 fully saturated rings. The molecule has 2 nitrogen and oxygen atoms in total. The second kappa shape index (κ2) is 5.17. The van der Waals surface area contributed by atoms with E-state index in [0.717, 1.165) is 0 Å². The van der Waals surface area contributed by atoms with Gasteiger partial charge in [-0.05, 0) is 61.4 Å². The fraction of sp³-hybridized carbons (Fsp3) is 0.217. The van der Waals surface area contributed by atoms with Crippen LogP contribution in [0.2, 0.25) is 0 Å². The fourth-order valence-corrected chi connectivity index (χ4v) is 4.76. The van der Waals surface area contributed by atoms with Crippen LogP contribution in [0, 0.1) is 0 Å². The van der Waals surface area contributed by atoms with Crippen LogP contribution in [-0.2, 0) is 0 Å². The Morgan fingerprint density at radius 2 is 1.19 bits per heavy atom. The van der Waals surface area contributed by atoms with E-state index in [1.54, 1.807) is 0 Å². The molecular formula is C23H23BN2. The fourth-order valence-electron chi connectivity index (χ4n) is 4.76. The maximum absolute atomic E-state index is 2.51. The van der Waals surface area contributed by atoms with Crippen molar-refractivity contribution in [3.63, 3.8) is 0 Å². The zero-order chi connectivity index (χ0) is 18.1. The molecule has 0 radical (unpaired) electrons. The first-order valence-electron chi connectivity index (χ1n) is 9.33. The van der Waals surface area contributed by atoms with Gasteiger partial charge in [0.05, 0.1) is 0 Å². The number of fused-ring (bicyclic) bond motifs is 4. The summed E-state index contributed by atoms with van der Waals surface area (Å²) in [6.07, 6.45) is 0. The molecule has 0 spiro atoms. The third kappa shape index (κ3) is 1.94. The summed E-state index contributed by atoms with van der Waals surface area (Å²) >= 11 is 0. The van der Waals surface area contributed by atoms with Gasteiger partial charge >= 0.3 is 0 Å². The molecule has 128 valence electrons. The maximum Gasteiger partial charge on any atom is 0.252 e. The summed E-state index contributed by atoms with van der Waals surface area (Å²) in [6.45, 7) is 7.18. The van der Waals surface area contributed by atoms with Gasteiger partial charge in [0.25, 0.3) is 6.71 Å². The van der Waals surface area contributed by atoms with Gasteiger partial charge in [-0.25, -0.2) is 0 Å². The Bertz CT molecular complexity index is 1020. The largest absolute Gasteiger partial charge is 0.345 e. The number of hydrogen-bond acceptors (Lipinski definition) is 2. The van der Waals surface area contributed by atoms with E-state index in [1.807, 2.05) is 0 Å². The summed E-state index contributed by atoms with van der Waals surface area (Å²) in [5.41, 5.74) is 9.53. The van der Waals surface area contributed by atoms with Crippen LogP contribution in [0.1, 0.15) is 20.8 Å². The molecule has 0 aromatic heterocycles. The normalized spacial score (nSPS) is 14.7. The molecule has 3 aromatic carbocycles. The van der Waals surface area contributed by atoms with Gasteiger partial charge < -0.3 is 9.80 Å². The summed E-state index contributed by atoms with van der Waals surface area (Å²) in [5.74, 6) is 0. The number of rotatable bonds is 0. The lowest BCUT2D eigenvalue weighted by Crippen LogP contribution is -2.63. The van der Waals surface area contributed by atoms with E-state index in [2.05, 4.69) is 104 Å². The second-order valence-electron chi connectivity index (χ2n) is 8.33. The smallest absolute Gasteiger partial charge is 0.252 e. The molecule has 0 bridgehead atoms. The summed E-state index contributed by atoms with van der Waals surface area (Å²) in [4.78, 5) is 4.86. The van der Waals surface area contributed by atoms with Crippen LogP contribution >= 0.6 is 0 Å². The average Bonchev–Trinajstić information content (AvgIpc) is 2.63. The van der Waals surface area contributed by atoms with Gasteiger partial charge in [-0.1, -0.05) is 42.5 Å². The van der Waals surface area contributed by atoms with Gasteiger partial charge in [0, 0.05) is 35.3 Å². The van der Waals surface area contributed by atoms with Crippen LogP contribution in [0.4, 0.5) is 22.7 Å². The highest BCUT2D eigenvalue weighted by Gasteiger charge is 2.43. The Kier molecular flexibility index (Phi) is 3.09.